The molecule has 7 nitrogen and oxygen atoms in total. The number of hydrogen-bond donors (Lipinski definition) is 0. The van der Waals surface area contributed by atoms with Crippen LogP contribution < -0.4 is 10.3 Å². The lowest BCUT2D eigenvalue weighted by Gasteiger charge is -2.13. The molecule has 0 aliphatic heterocycles. The normalized spacial score (nSPS) is 13.1. The van der Waals surface area contributed by atoms with Crippen molar-refractivity contribution in [2.24, 2.45) is 0 Å². The molecule has 7 heteroatoms. The maximum atomic E-state index is 12.9. The van der Waals surface area contributed by atoms with Crippen LogP contribution in [0.3, 0.4) is 0 Å². The summed E-state index contributed by atoms with van der Waals surface area (Å²) in [5.41, 5.74) is 2.37. The number of aryl methyl sites for hydroxylation is 1. The van der Waals surface area contributed by atoms with E-state index in [0.29, 0.717) is 29.8 Å². The third kappa shape index (κ3) is 5.14. The molecule has 0 atom stereocenters. The Morgan fingerprint density at radius 2 is 1.76 bits per heavy atom. The summed E-state index contributed by atoms with van der Waals surface area (Å²) in [4.78, 5) is 34.2. The van der Waals surface area contributed by atoms with Crippen molar-refractivity contribution in [2.75, 3.05) is 0 Å². The van der Waals surface area contributed by atoms with E-state index in [0.717, 1.165) is 29.8 Å². The number of ether oxygens (including phenoxy) is 2. The Labute approximate surface area is 197 Å². The maximum Gasteiger partial charge on any atom is 0.306 e. The van der Waals surface area contributed by atoms with E-state index >= 15 is 0 Å². The van der Waals surface area contributed by atoms with E-state index in [9.17, 15) is 9.59 Å². The van der Waals surface area contributed by atoms with Crippen molar-refractivity contribution in [3.63, 3.8) is 0 Å². The Morgan fingerprint density at radius 1 is 0.971 bits per heavy atom. The van der Waals surface area contributed by atoms with Crippen molar-refractivity contribution < 1.29 is 14.3 Å². The van der Waals surface area contributed by atoms with Crippen molar-refractivity contribution in [2.45, 2.75) is 44.9 Å². The van der Waals surface area contributed by atoms with E-state index in [1.54, 1.807) is 16.8 Å². The molecule has 0 spiro atoms. The van der Waals surface area contributed by atoms with E-state index in [2.05, 4.69) is 9.97 Å². The zero-order valence-corrected chi connectivity index (χ0v) is 18.7. The Hall–Kier alpha value is -4.00. The molecular weight excluding hydrogens is 430 g/mol. The van der Waals surface area contributed by atoms with Gasteiger partial charge >= 0.3 is 5.97 Å². The first-order chi connectivity index (χ1) is 16.7. The van der Waals surface area contributed by atoms with Gasteiger partial charge in [-0.25, -0.2) is 4.98 Å². The molecule has 34 heavy (non-hydrogen) atoms. The summed E-state index contributed by atoms with van der Waals surface area (Å²) >= 11 is 0. The van der Waals surface area contributed by atoms with Crippen LogP contribution >= 0.6 is 0 Å². The molecule has 0 unspecified atom stereocenters. The van der Waals surface area contributed by atoms with Gasteiger partial charge in [0.1, 0.15) is 24.8 Å². The lowest BCUT2D eigenvalue weighted by molar-refractivity contribution is -0.144. The quantitative estimate of drug-likeness (QED) is 0.348. The fraction of sp³-hybridized carbons (Fsp3) is 0.259. The summed E-state index contributed by atoms with van der Waals surface area (Å²) in [5, 5.41) is 0.619. The van der Waals surface area contributed by atoms with Gasteiger partial charge in [0.25, 0.3) is 5.56 Å². The van der Waals surface area contributed by atoms with Gasteiger partial charge < -0.3 is 9.47 Å². The van der Waals surface area contributed by atoms with Crippen molar-refractivity contribution in [1.82, 2.24) is 14.5 Å². The number of nitrogens with zero attached hydrogens (tertiary/aromatic N) is 3. The summed E-state index contributed by atoms with van der Waals surface area (Å²) < 4.78 is 12.9. The van der Waals surface area contributed by atoms with Gasteiger partial charge in [0.05, 0.1) is 23.0 Å². The van der Waals surface area contributed by atoms with Crippen molar-refractivity contribution in [3.8, 4) is 5.75 Å². The largest absolute Gasteiger partial charge is 0.487 e. The molecule has 1 fully saturated rings. The fourth-order valence-electron chi connectivity index (χ4n) is 3.85. The van der Waals surface area contributed by atoms with Gasteiger partial charge in [0.15, 0.2) is 0 Å². The predicted octanol–water partition coefficient (Wildman–Crippen LogP) is 4.38. The highest BCUT2D eigenvalue weighted by Crippen LogP contribution is 2.35. The lowest BCUT2D eigenvalue weighted by Crippen LogP contribution is -2.25. The highest BCUT2D eigenvalue weighted by molar-refractivity contribution is 5.77. The molecule has 4 aromatic rings. The van der Waals surface area contributed by atoms with Gasteiger partial charge in [-0.15, -0.1) is 0 Å². The zero-order valence-electron chi connectivity index (χ0n) is 18.7. The molecule has 2 aromatic heterocycles. The second kappa shape index (κ2) is 9.87. The molecular formula is C27H25N3O4. The van der Waals surface area contributed by atoms with Crippen molar-refractivity contribution in [3.05, 3.63) is 100 Å². The van der Waals surface area contributed by atoms with Crippen LogP contribution in [0.2, 0.25) is 0 Å². The molecule has 2 heterocycles. The topological polar surface area (TPSA) is 83.3 Å². The minimum absolute atomic E-state index is 0.0261. The monoisotopic (exact) mass is 455 g/mol. The molecule has 172 valence electrons. The maximum absolute atomic E-state index is 12.9. The average molecular weight is 456 g/mol. The first-order valence-electron chi connectivity index (χ1n) is 11.4. The first-order valence-corrected chi connectivity index (χ1v) is 11.4. The van der Waals surface area contributed by atoms with E-state index in [4.69, 9.17) is 9.47 Å². The predicted molar refractivity (Wildman–Crippen MR) is 127 cm³/mol. The van der Waals surface area contributed by atoms with Gasteiger partial charge in [-0.1, -0.05) is 30.3 Å². The van der Waals surface area contributed by atoms with E-state index in [-0.39, 0.29) is 30.6 Å². The van der Waals surface area contributed by atoms with E-state index < -0.39 is 0 Å². The van der Waals surface area contributed by atoms with Gasteiger partial charge in [-0.3, -0.25) is 19.1 Å². The standard InChI is InChI=1S/C27H25N3O4/c31-26(34-17-19-8-12-22(13-9-19)33-18-20-5-3-4-16-28-20)15-14-25-29-24-7-2-1-6-23(24)27(32)30(25)21-10-11-21/h1-9,12-13,16,21H,10-11,14-15,17-18H2. The van der Waals surface area contributed by atoms with Crippen LogP contribution in [0.5, 0.6) is 5.75 Å². The molecule has 1 saturated carbocycles. The number of para-hydroxylation sites is 1. The molecule has 0 bridgehead atoms. The molecule has 1 aliphatic rings. The summed E-state index contributed by atoms with van der Waals surface area (Å²) in [5.74, 6) is 1.05. The number of carbonyl (C=O) groups is 1. The van der Waals surface area contributed by atoms with Crippen LogP contribution in [0, 0.1) is 0 Å². The van der Waals surface area contributed by atoms with E-state index in [1.165, 1.54) is 0 Å². The fourth-order valence-corrected chi connectivity index (χ4v) is 3.85. The van der Waals surface area contributed by atoms with Crippen LogP contribution in [-0.4, -0.2) is 20.5 Å². The number of aromatic nitrogens is 3. The molecule has 2 aromatic carbocycles. The Bertz CT molecular complexity index is 1350. The molecule has 0 radical (unpaired) electrons. The molecule has 5 rings (SSSR count). The second-order valence-corrected chi connectivity index (χ2v) is 8.37. The van der Waals surface area contributed by atoms with Crippen LogP contribution in [0.4, 0.5) is 0 Å². The van der Waals surface area contributed by atoms with Crippen LogP contribution in [-0.2, 0) is 29.2 Å². The minimum atomic E-state index is -0.319. The number of carbonyl (C=O) groups excluding carboxylic acids is 1. The number of pyridine rings is 1. The summed E-state index contributed by atoms with van der Waals surface area (Å²) in [7, 11) is 0. The second-order valence-electron chi connectivity index (χ2n) is 8.37. The van der Waals surface area contributed by atoms with Crippen molar-refractivity contribution in [1.29, 1.82) is 0 Å². The number of esters is 1. The van der Waals surface area contributed by atoms with E-state index in [1.807, 2.05) is 60.7 Å². The average Bonchev–Trinajstić information content (AvgIpc) is 3.71. The Morgan fingerprint density at radius 3 is 2.53 bits per heavy atom. The lowest BCUT2D eigenvalue weighted by atomic mass is 10.2. The van der Waals surface area contributed by atoms with Crippen LogP contribution in [0.1, 0.15) is 42.4 Å². The van der Waals surface area contributed by atoms with Gasteiger partial charge in [-0.2, -0.15) is 0 Å². The van der Waals surface area contributed by atoms with Gasteiger partial charge in [0.2, 0.25) is 0 Å². The van der Waals surface area contributed by atoms with Gasteiger partial charge in [0, 0.05) is 18.7 Å². The number of hydrogen-bond acceptors (Lipinski definition) is 6. The van der Waals surface area contributed by atoms with Crippen LogP contribution in [0.25, 0.3) is 10.9 Å². The third-order valence-corrected chi connectivity index (χ3v) is 5.78. The Balaban J connectivity index is 1.15. The summed E-state index contributed by atoms with van der Waals surface area (Å²) in [6.07, 6.45) is 4.22. The molecule has 0 saturated heterocycles. The van der Waals surface area contributed by atoms with Crippen LogP contribution in [0.15, 0.2) is 77.7 Å². The summed E-state index contributed by atoms with van der Waals surface area (Å²) in [6.45, 7) is 0.573. The highest BCUT2D eigenvalue weighted by atomic mass is 16.5. The Kier molecular flexibility index (Phi) is 6.33. The number of rotatable bonds is 9. The molecule has 0 amide bonds. The van der Waals surface area contributed by atoms with Gasteiger partial charge in [-0.05, 0) is 54.8 Å². The van der Waals surface area contributed by atoms with Crippen molar-refractivity contribution >= 4 is 16.9 Å². The molecule has 1 aliphatic carbocycles. The molecule has 0 N–H and O–H groups in total. The number of fused-ring (bicyclic) bond motifs is 1. The third-order valence-electron chi connectivity index (χ3n) is 5.78. The SMILES string of the molecule is O=C(CCc1nc2ccccc2c(=O)n1C1CC1)OCc1ccc(OCc2ccccn2)cc1. The highest BCUT2D eigenvalue weighted by Gasteiger charge is 2.28. The minimum Gasteiger partial charge on any atom is -0.487 e. The number of benzene rings is 2. The first kappa shape index (κ1) is 21.8. The summed E-state index contributed by atoms with van der Waals surface area (Å²) in [6, 6.07) is 20.7. The zero-order chi connectivity index (χ0) is 23.3. The smallest absolute Gasteiger partial charge is 0.306 e.